The van der Waals surface area contributed by atoms with Crippen LogP contribution in [0.25, 0.3) is 0 Å². The summed E-state index contributed by atoms with van der Waals surface area (Å²) in [6, 6.07) is 9.65. The number of quaternary nitrogens is 1. The molecule has 0 radical (unpaired) electrons. The van der Waals surface area contributed by atoms with Crippen LogP contribution in [0.15, 0.2) is 72.3 Å². The van der Waals surface area contributed by atoms with Crippen LogP contribution in [-0.2, 0) is 70.3 Å². The first-order valence-corrected chi connectivity index (χ1v) is 32.4. The van der Waals surface area contributed by atoms with Crippen molar-refractivity contribution >= 4 is 70.3 Å². The quantitative estimate of drug-likeness (QED) is 0.0310. The summed E-state index contributed by atoms with van der Waals surface area (Å²) in [5, 5.41) is 55.7. The molecule has 0 aliphatic carbocycles. The Morgan fingerprint density at radius 2 is 1.55 bits per heavy atom. The van der Waals surface area contributed by atoms with Crippen molar-refractivity contribution in [2.45, 2.75) is 173 Å². The molecule has 3 aromatic rings. The van der Waals surface area contributed by atoms with Crippen molar-refractivity contribution in [1.82, 2.24) is 35.6 Å². The first-order chi connectivity index (χ1) is 44.0. The number of aromatic nitrogens is 1. The molecule has 0 spiro atoms. The Kier molecular flexibility index (Phi) is 27.1. The van der Waals surface area contributed by atoms with Gasteiger partial charge in [-0.05, 0) is 54.9 Å². The first-order valence-electron chi connectivity index (χ1n) is 31.5. The van der Waals surface area contributed by atoms with Gasteiger partial charge in [-0.15, -0.1) is 11.3 Å². The zero-order valence-corrected chi connectivity index (χ0v) is 55.9. The molecule has 15 atom stereocenters. The molecule has 3 aliphatic heterocycles. The summed E-state index contributed by atoms with van der Waals surface area (Å²) in [7, 11) is 8.34. The van der Waals surface area contributed by atoms with E-state index in [1.165, 1.54) is 30.6 Å². The van der Waals surface area contributed by atoms with Crippen LogP contribution in [0.2, 0.25) is 0 Å². The summed E-state index contributed by atoms with van der Waals surface area (Å²) >= 11 is 1.46. The molecule has 4 heterocycles. The number of methoxy groups -OCH3 is 2. The number of nitrogens with zero attached hydrogens (tertiary/aromatic N) is 5. The summed E-state index contributed by atoms with van der Waals surface area (Å²) in [5.41, 5.74) is 7.25. The van der Waals surface area contributed by atoms with Gasteiger partial charge in [-0.25, -0.2) is 9.78 Å². The lowest BCUT2D eigenvalue weighted by Crippen LogP contribution is -2.63. The van der Waals surface area contributed by atoms with Gasteiger partial charge in [-0.2, -0.15) is 0 Å². The highest BCUT2D eigenvalue weighted by atomic mass is 32.1. The number of hydrogen-bond donors (Lipinski definition) is 9. The minimum Gasteiger partial charge on any atom is -0.479 e. The number of ether oxygens (including phenoxy) is 4. The van der Waals surface area contributed by atoms with E-state index in [-0.39, 0.29) is 71.5 Å². The van der Waals surface area contributed by atoms with Gasteiger partial charge in [0.05, 0.1) is 62.5 Å². The normalized spacial score (nSPS) is 22.1. The summed E-state index contributed by atoms with van der Waals surface area (Å²) < 4.78 is 23.5. The molecule has 1 aromatic heterocycles. The van der Waals surface area contributed by atoms with Crippen LogP contribution in [0.1, 0.15) is 103 Å². The standard InChI is InChI=1S/C65H94N10O17S/c1-13-37(6)52(46(89-11)32-50(79)73-28-17-20-43(73)57(90-12)38(7)59(83)70-42(62-68-27-29-93-62)30-39-18-15-14-16-19-39)72(8)63(86)51(35(2)3)71-61(85)53(36(4)5)75(9,10)34-40-21-22-45(91-65-56(82)54(80)55(81)58(92-65)64(87)88)41(31-40)69-47(76)25-26-67-60(84)44(33-66)74-48(77)23-24-49(74)78/h14-16,18-19,21-24,27,29,31,35-38,42-44,46,51-58,65,80-82H,13,17,20,25-26,28,30,32-34,66H2,1-12H3,(H4-,67,69,70,71,76,83,84,85,87,88)/p+1/t37-,38+,42-,43-,44-,46-,51-,52-,53-,54+,55-,56-,57+,58-,65+/m0/s1. The largest absolute Gasteiger partial charge is 0.479 e. The lowest BCUT2D eigenvalue weighted by atomic mass is 9.89. The number of aliphatic hydroxyl groups excluding tert-OH is 3. The molecule has 3 aliphatic rings. The fourth-order valence-corrected chi connectivity index (χ4v) is 13.6. The summed E-state index contributed by atoms with van der Waals surface area (Å²) in [6.45, 7) is 13.0. The van der Waals surface area contributed by atoms with Gasteiger partial charge in [0, 0.05) is 82.5 Å². The molecular weight excluding hydrogens is 1220 g/mol. The molecule has 27 nitrogen and oxygen atoms in total. The van der Waals surface area contributed by atoms with Crippen molar-refractivity contribution in [1.29, 1.82) is 0 Å². The maximum Gasteiger partial charge on any atom is 0.335 e. The predicted octanol–water partition coefficient (Wildman–Crippen LogP) is 1.87. The van der Waals surface area contributed by atoms with Gasteiger partial charge in [0.2, 0.25) is 35.8 Å². The topological polar surface area (TPSA) is 368 Å². The molecular formula is C65H95N10O17S+. The zero-order valence-electron chi connectivity index (χ0n) is 55.1. The first kappa shape index (κ1) is 74.8. The number of imide groups is 1. The number of thiazole rings is 1. The molecule has 6 rings (SSSR count). The number of aliphatic carboxylic acids is 1. The highest BCUT2D eigenvalue weighted by Crippen LogP contribution is 2.35. The van der Waals surface area contributed by atoms with Crippen molar-refractivity contribution in [2.75, 3.05) is 60.3 Å². The molecule has 0 unspecified atom stereocenters. The maximum atomic E-state index is 15.1. The summed E-state index contributed by atoms with van der Waals surface area (Å²) in [4.78, 5) is 131. The van der Waals surface area contributed by atoms with E-state index in [0.29, 0.717) is 42.7 Å². The minimum absolute atomic E-state index is 0.0255. The fourth-order valence-electron chi connectivity index (χ4n) is 12.9. The number of anilines is 1. The molecule has 8 amide bonds. The Bertz CT molecular complexity index is 3080. The van der Waals surface area contributed by atoms with Crippen molar-refractivity contribution in [3.63, 3.8) is 0 Å². The molecule has 2 saturated heterocycles. The Morgan fingerprint density at radius 3 is 2.13 bits per heavy atom. The van der Waals surface area contributed by atoms with Gasteiger partial charge < -0.3 is 80.7 Å². The van der Waals surface area contributed by atoms with Crippen LogP contribution in [0.5, 0.6) is 5.75 Å². The number of nitrogens with two attached hydrogens (primary N) is 1. The van der Waals surface area contributed by atoms with Crippen molar-refractivity contribution in [2.24, 2.45) is 29.4 Å². The number of carboxylic acid groups (broad SMARTS) is 1. The summed E-state index contributed by atoms with van der Waals surface area (Å²) in [5.74, 6) is -7.71. The second kappa shape index (κ2) is 33.7. The number of likely N-dealkylation sites (tertiary alicyclic amines) is 1. The second-order valence-electron chi connectivity index (χ2n) is 25.5. The van der Waals surface area contributed by atoms with Crippen LogP contribution in [0, 0.1) is 23.7 Å². The SMILES string of the molecule is CC[C@H](C)[C@@H]([C@H](CC(=O)N1CCC[C@H]1[C@H](OC)[C@@H](C)C(=O)N[C@@H](Cc1ccccc1)c1nccs1)OC)N(C)C(=O)[C@@H](NC(=O)[C@H](C(C)C)[N+](C)(C)Cc1ccc(O[C@@H]2O[C@H](C(=O)O)[C@@H](O)[C@@H](O)[C@@H]2O)c(NC(=O)CCNC(=O)[C@H](CN)N2C(=O)C=CC2=O)c1)C(C)C. The third-order valence-electron chi connectivity index (χ3n) is 17.8. The van der Waals surface area contributed by atoms with E-state index in [0.717, 1.165) is 22.7 Å². The van der Waals surface area contributed by atoms with Crippen molar-refractivity contribution in [3.05, 3.63) is 88.4 Å². The number of benzene rings is 2. The monoisotopic (exact) mass is 1320 g/mol. The van der Waals surface area contributed by atoms with E-state index >= 15 is 4.79 Å². The average Bonchev–Trinajstić information content (AvgIpc) is 1.41. The van der Waals surface area contributed by atoms with Gasteiger partial charge >= 0.3 is 5.97 Å². The highest BCUT2D eigenvalue weighted by molar-refractivity contribution is 7.09. The van der Waals surface area contributed by atoms with Crippen LogP contribution < -0.4 is 31.7 Å². The smallest absolute Gasteiger partial charge is 0.335 e. The van der Waals surface area contributed by atoms with Gasteiger partial charge in [0.15, 0.2) is 12.1 Å². The lowest BCUT2D eigenvalue weighted by molar-refractivity contribution is -0.922. The highest BCUT2D eigenvalue weighted by Gasteiger charge is 2.49. The number of hydrogen-bond acceptors (Lipinski definition) is 19. The van der Waals surface area contributed by atoms with Crippen LogP contribution in [-0.4, -0.2) is 226 Å². The molecule has 0 saturated carbocycles. The van der Waals surface area contributed by atoms with E-state index in [1.54, 1.807) is 43.1 Å². The molecule has 10 N–H and O–H groups in total. The number of nitrogens with one attached hydrogen (secondary N) is 4. The Hall–Kier alpha value is -7.28. The number of amides is 8. The fraction of sp³-hybridized carbons (Fsp3) is 0.600. The summed E-state index contributed by atoms with van der Waals surface area (Å²) in [6.07, 6.45) is -5.66. The number of likely N-dealkylation sites (N-methyl/N-ethyl adjacent to an activating group) is 2. The third-order valence-corrected chi connectivity index (χ3v) is 18.7. The third kappa shape index (κ3) is 18.6. The number of carbonyl (C=O) groups excluding carboxylic acids is 8. The van der Waals surface area contributed by atoms with E-state index < -0.39 is 133 Å². The van der Waals surface area contributed by atoms with E-state index in [9.17, 15) is 58.8 Å². The van der Waals surface area contributed by atoms with E-state index in [4.69, 9.17) is 24.7 Å². The van der Waals surface area contributed by atoms with Crippen LogP contribution in [0.4, 0.5) is 5.69 Å². The molecule has 93 heavy (non-hydrogen) atoms. The molecule has 512 valence electrons. The number of aliphatic hydroxyl groups is 3. The Balaban J connectivity index is 1.17. The number of carbonyl (C=O) groups is 9. The van der Waals surface area contributed by atoms with Gasteiger partial charge in [-0.3, -0.25) is 43.3 Å². The van der Waals surface area contributed by atoms with Gasteiger partial charge in [-0.1, -0.05) is 85.2 Å². The minimum atomic E-state index is -2.02. The van der Waals surface area contributed by atoms with Gasteiger partial charge in [0.25, 0.3) is 17.7 Å². The second-order valence-corrected chi connectivity index (χ2v) is 26.4. The van der Waals surface area contributed by atoms with Crippen molar-refractivity contribution in [3.8, 4) is 5.75 Å². The van der Waals surface area contributed by atoms with Crippen LogP contribution >= 0.6 is 11.3 Å². The van der Waals surface area contributed by atoms with E-state index in [2.05, 4.69) is 26.3 Å². The molecule has 0 bridgehead atoms. The van der Waals surface area contributed by atoms with Crippen LogP contribution in [0.3, 0.4) is 0 Å². The molecule has 2 fully saturated rings. The number of carboxylic acids is 1. The van der Waals surface area contributed by atoms with Gasteiger partial charge in [0.1, 0.15) is 47.7 Å². The predicted molar refractivity (Wildman–Crippen MR) is 342 cm³/mol. The lowest BCUT2D eigenvalue weighted by Gasteiger charge is -2.42. The molecule has 2 aromatic carbocycles. The zero-order chi connectivity index (χ0) is 68.8. The number of rotatable bonds is 33. The Labute approximate surface area is 547 Å². The Morgan fingerprint density at radius 1 is 0.871 bits per heavy atom. The molecule has 28 heteroatoms. The maximum absolute atomic E-state index is 15.1. The average molecular weight is 1320 g/mol. The van der Waals surface area contributed by atoms with Crippen molar-refractivity contribution < 1.29 is 87.0 Å². The van der Waals surface area contributed by atoms with E-state index in [1.807, 2.05) is 91.3 Å².